The highest BCUT2D eigenvalue weighted by molar-refractivity contribution is 7.99. The molecule has 0 radical (unpaired) electrons. The summed E-state index contributed by atoms with van der Waals surface area (Å²) in [7, 11) is 0. The number of rotatable bonds is 4. The quantitative estimate of drug-likeness (QED) is 0.819. The molecule has 1 aliphatic rings. The van der Waals surface area contributed by atoms with Crippen molar-refractivity contribution in [2.75, 3.05) is 30.3 Å². The van der Waals surface area contributed by atoms with Gasteiger partial charge < -0.3 is 15.3 Å². The molecule has 1 aliphatic heterocycles. The predicted octanol–water partition coefficient (Wildman–Crippen LogP) is 1.53. The molecule has 1 unspecified atom stereocenters. The number of benzene rings is 1. The van der Waals surface area contributed by atoms with Crippen LogP contribution in [0, 0.1) is 11.3 Å². The van der Waals surface area contributed by atoms with Gasteiger partial charge in [-0.05, 0) is 17.9 Å². The van der Waals surface area contributed by atoms with Crippen LogP contribution in [0.5, 0.6) is 0 Å². The number of carboxylic acids is 1. The molecule has 106 valence electrons. The Balaban J connectivity index is 2.42. The third-order valence-electron chi connectivity index (χ3n) is 3.25. The lowest BCUT2D eigenvalue weighted by Gasteiger charge is -2.36. The van der Waals surface area contributed by atoms with E-state index in [9.17, 15) is 15.2 Å². The van der Waals surface area contributed by atoms with Crippen LogP contribution in [-0.4, -0.2) is 42.5 Å². The molecule has 0 bridgehead atoms. The largest absolute Gasteiger partial charge is 0.480 e. The molecular formula is C14H17N3O2S. The minimum absolute atomic E-state index is 0.394. The summed E-state index contributed by atoms with van der Waals surface area (Å²) >= 11 is 1.60. The summed E-state index contributed by atoms with van der Waals surface area (Å²) in [6, 6.07) is 7.23. The number of piperazine rings is 1. The maximum atomic E-state index is 11.4. The summed E-state index contributed by atoms with van der Waals surface area (Å²) in [6.45, 7) is 3.74. The van der Waals surface area contributed by atoms with Crippen molar-refractivity contribution >= 4 is 23.4 Å². The number of carboxylic acid groups (broad SMARTS) is 1. The Hall–Kier alpha value is -1.71. The van der Waals surface area contributed by atoms with Crippen LogP contribution < -0.4 is 10.2 Å². The number of anilines is 1. The third-order valence-corrected chi connectivity index (χ3v) is 4.19. The van der Waals surface area contributed by atoms with Gasteiger partial charge in [-0.3, -0.25) is 0 Å². The molecule has 5 nitrogen and oxygen atoms in total. The lowest BCUT2D eigenvalue weighted by molar-refractivity contribution is -0.138. The van der Waals surface area contributed by atoms with Crippen molar-refractivity contribution in [2.24, 2.45) is 0 Å². The van der Waals surface area contributed by atoms with Crippen LogP contribution in [-0.2, 0) is 4.79 Å². The van der Waals surface area contributed by atoms with Crippen molar-refractivity contribution in [2.45, 2.75) is 17.9 Å². The second-order valence-electron chi connectivity index (χ2n) is 4.45. The Bertz CT molecular complexity index is 542. The van der Waals surface area contributed by atoms with Crippen molar-refractivity contribution < 1.29 is 9.90 Å². The van der Waals surface area contributed by atoms with Crippen molar-refractivity contribution in [3.63, 3.8) is 0 Å². The number of carbonyl (C=O) groups is 1. The molecule has 6 heteroatoms. The molecular weight excluding hydrogens is 274 g/mol. The van der Waals surface area contributed by atoms with Gasteiger partial charge in [0.2, 0.25) is 0 Å². The highest BCUT2D eigenvalue weighted by Gasteiger charge is 2.30. The van der Waals surface area contributed by atoms with Gasteiger partial charge in [-0.15, -0.1) is 11.8 Å². The summed E-state index contributed by atoms with van der Waals surface area (Å²) in [5.41, 5.74) is 1.30. The minimum Gasteiger partial charge on any atom is -0.480 e. The van der Waals surface area contributed by atoms with Crippen LogP contribution in [0.15, 0.2) is 23.1 Å². The van der Waals surface area contributed by atoms with E-state index in [1.807, 2.05) is 30.0 Å². The van der Waals surface area contributed by atoms with Crippen molar-refractivity contribution in [3.8, 4) is 6.07 Å². The lowest BCUT2D eigenvalue weighted by Crippen LogP contribution is -2.55. The molecule has 1 aromatic rings. The van der Waals surface area contributed by atoms with Crippen molar-refractivity contribution in [1.29, 1.82) is 5.26 Å². The zero-order valence-electron chi connectivity index (χ0n) is 11.3. The number of hydrogen-bond acceptors (Lipinski definition) is 5. The Labute approximate surface area is 122 Å². The van der Waals surface area contributed by atoms with Crippen molar-refractivity contribution in [1.82, 2.24) is 5.32 Å². The van der Waals surface area contributed by atoms with Crippen molar-refractivity contribution in [3.05, 3.63) is 23.8 Å². The second kappa shape index (κ2) is 6.64. The van der Waals surface area contributed by atoms with E-state index in [-0.39, 0.29) is 0 Å². The first-order valence-corrected chi connectivity index (χ1v) is 7.53. The molecule has 0 saturated carbocycles. The number of nitrogens with one attached hydrogen (secondary N) is 1. The van der Waals surface area contributed by atoms with Gasteiger partial charge in [-0.2, -0.15) is 5.26 Å². The van der Waals surface area contributed by atoms with Gasteiger partial charge in [0.25, 0.3) is 0 Å². The molecule has 2 rings (SSSR count). The predicted molar refractivity (Wildman–Crippen MR) is 79.2 cm³/mol. The van der Waals surface area contributed by atoms with E-state index in [0.717, 1.165) is 22.9 Å². The number of nitriles is 1. The topological polar surface area (TPSA) is 76.4 Å². The van der Waals surface area contributed by atoms with Gasteiger partial charge in [-0.1, -0.05) is 13.0 Å². The Kier molecular flexibility index (Phi) is 4.88. The van der Waals surface area contributed by atoms with Gasteiger partial charge in [0.05, 0.1) is 11.3 Å². The maximum absolute atomic E-state index is 11.4. The fourth-order valence-electron chi connectivity index (χ4n) is 2.36. The summed E-state index contributed by atoms with van der Waals surface area (Å²) in [5.74, 6) is 0.0110. The van der Waals surface area contributed by atoms with Crippen LogP contribution in [0.3, 0.4) is 0 Å². The Morgan fingerprint density at radius 3 is 3.10 bits per heavy atom. The van der Waals surface area contributed by atoms with Crippen LogP contribution >= 0.6 is 11.8 Å². The van der Waals surface area contributed by atoms with Gasteiger partial charge >= 0.3 is 5.97 Å². The third kappa shape index (κ3) is 2.89. The molecule has 1 atom stereocenters. The molecule has 0 spiro atoms. The average molecular weight is 291 g/mol. The van der Waals surface area contributed by atoms with Gasteiger partial charge in [0.1, 0.15) is 12.1 Å². The van der Waals surface area contributed by atoms with Gasteiger partial charge in [0, 0.05) is 24.5 Å². The summed E-state index contributed by atoms with van der Waals surface area (Å²) in [6.07, 6.45) is 0. The normalized spacial score (nSPS) is 18.6. The summed E-state index contributed by atoms with van der Waals surface area (Å²) in [5, 5.41) is 21.8. The first-order valence-electron chi connectivity index (χ1n) is 6.55. The van der Waals surface area contributed by atoms with E-state index in [1.54, 1.807) is 11.8 Å². The van der Waals surface area contributed by atoms with Crippen LogP contribution in [0.4, 0.5) is 5.69 Å². The zero-order valence-corrected chi connectivity index (χ0v) is 12.1. The van der Waals surface area contributed by atoms with E-state index >= 15 is 0 Å². The SMILES string of the molecule is CCSc1cccc(N2CCNCC2C(=O)O)c1C#N. The molecule has 0 aromatic heterocycles. The molecule has 1 saturated heterocycles. The fraction of sp³-hybridized carbons (Fsp3) is 0.429. The molecule has 1 fully saturated rings. The standard InChI is InChI=1S/C14H17N3O2S/c1-2-20-13-5-3-4-11(10(13)8-15)17-7-6-16-9-12(17)14(18)19/h3-5,12,16H,2,6-7,9H2,1H3,(H,18,19). The van der Waals surface area contributed by atoms with Gasteiger partial charge in [-0.25, -0.2) is 4.79 Å². The van der Waals surface area contributed by atoms with E-state index in [0.29, 0.717) is 18.7 Å². The van der Waals surface area contributed by atoms with E-state index in [2.05, 4.69) is 11.4 Å². The fourth-order valence-corrected chi connectivity index (χ4v) is 3.14. The summed E-state index contributed by atoms with van der Waals surface area (Å²) < 4.78 is 0. The molecule has 20 heavy (non-hydrogen) atoms. The first-order chi connectivity index (χ1) is 9.69. The lowest BCUT2D eigenvalue weighted by atomic mass is 10.1. The molecule has 1 aromatic carbocycles. The monoisotopic (exact) mass is 291 g/mol. The smallest absolute Gasteiger partial charge is 0.327 e. The molecule has 0 amide bonds. The molecule has 0 aliphatic carbocycles. The van der Waals surface area contributed by atoms with Crippen LogP contribution in [0.25, 0.3) is 0 Å². The maximum Gasteiger partial charge on any atom is 0.327 e. The average Bonchev–Trinajstić information content (AvgIpc) is 2.47. The van der Waals surface area contributed by atoms with E-state index in [1.165, 1.54) is 0 Å². The molecule has 1 heterocycles. The summed E-state index contributed by atoms with van der Waals surface area (Å²) in [4.78, 5) is 14.1. The van der Waals surface area contributed by atoms with E-state index < -0.39 is 12.0 Å². The number of hydrogen-bond donors (Lipinski definition) is 2. The Morgan fingerprint density at radius 1 is 1.65 bits per heavy atom. The number of nitrogens with zero attached hydrogens (tertiary/aromatic N) is 2. The number of aliphatic carboxylic acids is 1. The van der Waals surface area contributed by atoms with Crippen LogP contribution in [0.2, 0.25) is 0 Å². The highest BCUT2D eigenvalue weighted by Crippen LogP contribution is 2.31. The molecule has 2 N–H and O–H groups in total. The number of thioether (sulfide) groups is 1. The van der Waals surface area contributed by atoms with Crippen LogP contribution in [0.1, 0.15) is 12.5 Å². The Morgan fingerprint density at radius 2 is 2.45 bits per heavy atom. The van der Waals surface area contributed by atoms with Gasteiger partial charge in [0.15, 0.2) is 0 Å². The second-order valence-corrected chi connectivity index (χ2v) is 5.75. The van der Waals surface area contributed by atoms with E-state index in [4.69, 9.17) is 0 Å². The zero-order chi connectivity index (χ0) is 14.5. The highest BCUT2D eigenvalue weighted by atomic mass is 32.2. The minimum atomic E-state index is -0.866. The first kappa shape index (κ1) is 14.7.